The monoisotopic (exact) mass is 381 g/mol. The Labute approximate surface area is 140 Å². The minimum atomic E-state index is -0.556. The Balaban J connectivity index is 2.02. The minimum absolute atomic E-state index is 0.0330. The Morgan fingerprint density at radius 2 is 2.04 bits per heavy atom. The van der Waals surface area contributed by atoms with Crippen LogP contribution in [0, 0.1) is 22.9 Å². The zero-order valence-electron chi connectivity index (χ0n) is 12.1. The number of hydrogen-bond donors (Lipinski definition) is 2. The molecule has 0 aliphatic carbocycles. The third kappa shape index (κ3) is 4.26. The highest BCUT2D eigenvalue weighted by molar-refractivity contribution is 9.10. The van der Waals surface area contributed by atoms with Gasteiger partial charge in [0.1, 0.15) is 5.82 Å². The van der Waals surface area contributed by atoms with Crippen LogP contribution in [0.4, 0.5) is 21.5 Å². The van der Waals surface area contributed by atoms with Gasteiger partial charge in [-0.2, -0.15) is 0 Å². The van der Waals surface area contributed by atoms with Crippen LogP contribution in [0.2, 0.25) is 0 Å². The van der Waals surface area contributed by atoms with E-state index < -0.39 is 16.6 Å². The summed E-state index contributed by atoms with van der Waals surface area (Å²) < 4.78 is 14.2. The Morgan fingerprint density at radius 3 is 2.70 bits per heavy atom. The van der Waals surface area contributed by atoms with Gasteiger partial charge in [0.05, 0.1) is 17.2 Å². The zero-order chi connectivity index (χ0) is 17.0. The van der Waals surface area contributed by atoms with Crippen molar-refractivity contribution in [1.29, 1.82) is 0 Å². The molecule has 0 saturated carbocycles. The van der Waals surface area contributed by atoms with E-state index in [4.69, 9.17) is 0 Å². The van der Waals surface area contributed by atoms with Crippen molar-refractivity contribution in [1.82, 2.24) is 0 Å². The van der Waals surface area contributed by atoms with Crippen molar-refractivity contribution in [3.05, 3.63) is 62.4 Å². The first-order valence-corrected chi connectivity index (χ1v) is 7.40. The first-order valence-electron chi connectivity index (χ1n) is 6.61. The molecule has 0 aliphatic heterocycles. The molecule has 0 bridgehead atoms. The summed E-state index contributed by atoms with van der Waals surface area (Å²) in [6.07, 6.45) is 0. The number of nitro benzene ring substituents is 1. The van der Waals surface area contributed by atoms with Crippen molar-refractivity contribution in [2.45, 2.75) is 6.92 Å². The molecule has 2 rings (SSSR count). The molecule has 0 spiro atoms. The SMILES string of the molecule is Cc1c(NCC(=O)Nc2ccc(Br)cc2F)cccc1[N+](=O)[O-]. The van der Waals surface area contributed by atoms with Crippen molar-refractivity contribution in [3.8, 4) is 0 Å². The Kier molecular flexibility index (Phi) is 5.28. The number of carbonyl (C=O) groups is 1. The molecule has 0 atom stereocenters. The van der Waals surface area contributed by atoms with Gasteiger partial charge >= 0.3 is 0 Å². The Hall–Kier alpha value is -2.48. The van der Waals surface area contributed by atoms with Crippen LogP contribution in [0.25, 0.3) is 0 Å². The molecular weight excluding hydrogens is 369 g/mol. The lowest BCUT2D eigenvalue weighted by Gasteiger charge is -2.10. The maximum atomic E-state index is 13.6. The van der Waals surface area contributed by atoms with Gasteiger partial charge in [-0.3, -0.25) is 14.9 Å². The molecule has 0 aliphatic rings. The van der Waals surface area contributed by atoms with Gasteiger partial charge in [-0.25, -0.2) is 4.39 Å². The average molecular weight is 382 g/mol. The van der Waals surface area contributed by atoms with E-state index in [1.54, 1.807) is 19.1 Å². The number of anilines is 2. The molecule has 2 aromatic rings. The second-order valence-electron chi connectivity index (χ2n) is 4.73. The van der Waals surface area contributed by atoms with Crippen molar-refractivity contribution >= 4 is 38.9 Å². The van der Waals surface area contributed by atoms with Gasteiger partial charge in [-0.15, -0.1) is 0 Å². The maximum Gasteiger partial charge on any atom is 0.274 e. The van der Waals surface area contributed by atoms with Crippen LogP contribution in [0.1, 0.15) is 5.56 Å². The molecule has 0 radical (unpaired) electrons. The topological polar surface area (TPSA) is 84.3 Å². The van der Waals surface area contributed by atoms with E-state index in [0.29, 0.717) is 15.7 Å². The van der Waals surface area contributed by atoms with E-state index >= 15 is 0 Å². The standard InChI is InChI=1S/C15H13BrFN3O3/c1-9-12(3-2-4-14(9)20(22)23)18-8-15(21)19-13-6-5-10(16)7-11(13)17/h2-7,18H,8H2,1H3,(H,19,21). The molecule has 0 heterocycles. The molecule has 120 valence electrons. The van der Waals surface area contributed by atoms with E-state index in [9.17, 15) is 19.3 Å². The number of nitrogens with zero attached hydrogens (tertiary/aromatic N) is 1. The lowest BCUT2D eigenvalue weighted by molar-refractivity contribution is -0.385. The van der Waals surface area contributed by atoms with Crippen LogP contribution in [0.3, 0.4) is 0 Å². The van der Waals surface area contributed by atoms with Gasteiger partial charge in [0.15, 0.2) is 0 Å². The summed E-state index contributed by atoms with van der Waals surface area (Å²) in [5, 5.41) is 16.1. The Bertz CT molecular complexity index is 768. The van der Waals surface area contributed by atoms with E-state index in [-0.39, 0.29) is 17.9 Å². The molecule has 2 N–H and O–H groups in total. The fourth-order valence-corrected chi connectivity index (χ4v) is 2.31. The average Bonchev–Trinajstić information content (AvgIpc) is 2.49. The largest absolute Gasteiger partial charge is 0.376 e. The highest BCUT2D eigenvalue weighted by Crippen LogP contribution is 2.25. The molecule has 23 heavy (non-hydrogen) atoms. The highest BCUT2D eigenvalue weighted by Gasteiger charge is 2.14. The van der Waals surface area contributed by atoms with Gasteiger partial charge < -0.3 is 10.6 Å². The third-order valence-corrected chi connectivity index (χ3v) is 3.64. The third-order valence-electron chi connectivity index (χ3n) is 3.15. The summed E-state index contributed by atoms with van der Waals surface area (Å²) in [7, 11) is 0. The van der Waals surface area contributed by atoms with E-state index in [2.05, 4.69) is 26.6 Å². The van der Waals surface area contributed by atoms with Crippen LogP contribution in [0.5, 0.6) is 0 Å². The summed E-state index contributed by atoms with van der Waals surface area (Å²) in [5.41, 5.74) is 0.941. The Morgan fingerprint density at radius 1 is 1.30 bits per heavy atom. The lowest BCUT2D eigenvalue weighted by Crippen LogP contribution is -2.22. The zero-order valence-corrected chi connectivity index (χ0v) is 13.7. The molecule has 0 unspecified atom stereocenters. The number of nitro groups is 1. The second-order valence-corrected chi connectivity index (χ2v) is 5.65. The number of amides is 1. The van der Waals surface area contributed by atoms with Crippen LogP contribution in [0.15, 0.2) is 40.9 Å². The number of rotatable bonds is 5. The van der Waals surface area contributed by atoms with Crippen molar-refractivity contribution < 1.29 is 14.1 Å². The summed E-state index contributed by atoms with van der Waals surface area (Å²) in [5.74, 6) is -1.02. The molecule has 6 nitrogen and oxygen atoms in total. The predicted octanol–water partition coefficient (Wildman–Crippen LogP) is 3.86. The van der Waals surface area contributed by atoms with E-state index in [1.807, 2.05) is 0 Å². The van der Waals surface area contributed by atoms with Crippen LogP contribution >= 0.6 is 15.9 Å². The summed E-state index contributed by atoms with van der Waals surface area (Å²) in [6.45, 7) is 1.45. The molecule has 0 saturated heterocycles. The second kappa shape index (κ2) is 7.19. The number of carbonyl (C=O) groups excluding carboxylic acids is 1. The van der Waals surface area contributed by atoms with Gasteiger partial charge in [0.25, 0.3) is 5.69 Å². The normalized spacial score (nSPS) is 10.2. The summed E-state index contributed by atoms with van der Waals surface area (Å²) in [6, 6.07) is 8.84. The maximum absolute atomic E-state index is 13.6. The fourth-order valence-electron chi connectivity index (χ4n) is 1.97. The van der Waals surface area contributed by atoms with Gasteiger partial charge in [-0.1, -0.05) is 22.0 Å². The van der Waals surface area contributed by atoms with Gasteiger partial charge in [0.2, 0.25) is 5.91 Å². The number of halogens is 2. The van der Waals surface area contributed by atoms with Crippen LogP contribution in [-0.2, 0) is 4.79 Å². The lowest BCUT2D eigenvalue weighted by atomic mass is 10.1. The molecular formula is C15H13BrFN3O3. The van der Waals surface area contributed by atoms with Gasteiger partial charge in [-0.05, 0) is 31.2 Å². The first-order chi connectivity index (χ1) is 10.9. The molecule has 8 heteroatoms. The highest BCUT2D eigenvalue weighted by atomic mass is 79.9. The van der Waals surface area contributed by atoms with Crippen molar-refractivity contribution in [2.24, 2.45) is 0 Å². The van der Waals surface area contributed by atoms with Crippen LogP contribution in [-0.4, -0.2) is 17.4 Å². The van der Waals surface area contributed by atoms with E-state index in [0.717, 1.165) is 0 Å². The van der Waals surface area contributed by atoms with E-state index in [1.165, 1.54) is 24.3 Å². The summed E-state index contributed by atoms with van der Waals surface area (Å²) in [4.78, 5) is 22.3. The quantitative estimate of drug-likeness (QED) is 0.608. The van der Waals surface area contributed by atoms with Gasteiger partial charge in [0, 0.05) is 21.8 Å². The number of hydrogen-bond acceptors (Lipinski definition) is 4. The molecule has 0 fully saturated rings. The molecule has 1 amide bonds. The predicted molar refractivity (Wildman–Crippen MR) is 89.1 cm³/mol. The van der Waals surface area contributed by atoms with Crippen molar-refractivity contribution in [3.63, 3.8) is 0 Å². The smallest absolute Gasteiger partial charge is 0.274 e. The number of benzene rings is 2. The molecule has 2 aromatic carbocycles. The molecule has 0 aromatic heterocycles. The minimum Gasteiger partial charge on any atom is -0.376 e. The van der Waals surface area contributed by atoms with Crippen LogP contribution < -0.4 is 10.6 Å². The summed E-state index contributed by atoms with van der Waals surface area (Å²) >= 11 is 3.13. The number of nitrogens with one attached hydrogen (secondary N) is 2. The first kappa shape index (κ1) is 16.9. The fraction of sp³-hybridized carbons (Fsp3) is 0.133. The van der Waals surface area contributed by atoms with Crippen molar-refractivity contribution in [2.75, 3.05) is 17.2 Å².